The van der Waals surface area contributed by atoms with Crippen LogP contribution in [0.5, 0.6) is 0 Å². The van der Waals surface area contributed by atoms with Gasteiger partial charge in [0.2, 0.25) is 0 Å². The molecule has 1 amide bonds. The number of hydrogen-bond acceptors (Lipinski definition) is 3. The number of fused-ring (bicyclic) bond motifs is 1. The number of nitrogens with zero attached hydrogens (tertiary/aromatic N) is 2. The molecule has 0 saturated carbocycles. The van der Waals surface area contributed by atoms with E-state index in [9.17, 15) is 4.79 Å². The SMILES string of the molecule is CC(C)(C)OC(=O)N1C[C@@H]2CCN(Cc3ccccc3)[C@H]2C1. The van der Waals surface area contributed by atoms with Crippen LogP contribution in [0.25, 0.3) is 0 Å². The summed E-state index contributed by atoms with van der Waals surface area (Å²) in [5.74, 6) is 0.594. The van der Waals surface area contributed by atoms with Crippen molar-refractivity contribution in [3.05, 3.63) is 35.9 Å². The summed E-state index contributed by atoms with van der Waals surface area (Å²) in [7, 11) is 0. The molecule has 2 heterocycles. The third kappa shape index (κ3) is 3.43. The van der Waals surface area contributed by atoms with Crippen LogP contribution < -0.4 is 0 Å². The molecule has 2 atom stereocenters. The fraction of sp³-hybridized carbons (Fsp3) is 0.611. The second-order valence-corrected chi connectivity index (χ2v) is 7.46. The van der Waals surface area contributed by atoms with Crippen molar-refractivity contribution in [1.29, 1.82) is 0 Å². The standard InChI is InChI=1S/C18H26N2O2/c1-18(2,3)22-17(21)20-12-15-9-10-19(16(15)13-20)11-14-7-5-4-6-8-14/h4-8,15-16H,9-13H2,1-3H3/t15-,16-/m0/s1. The highest BCUT2D eigenvalue weighted by molar-refractivity contribution is 5.68. The van der Waals surface area contributed by atoms with Crippen molar-refractivity contribution in [3.63, 3.8) is 0 Å². The minimum Gasteiger partial charge on any atom is -0.444 e. The van der Waals surface area contributed by atoms with E-state index >= 15 is 0 Å². The molecule has 1 aromatic rings. The van der Waals surface area contributed by atoms with Crippen LogP contribution in [0.15, 0.2) is 30.3 Å². The van der Waals surface area contributed by atoms with Crippen molar-refractivity contribution in [3.8, 4) is 0 Å². The summed E-state index contributed by atoms with van der Waals surface area (Å²) in [6.07, 6.45) is 1.01. The molecule has 4 nitrogen and oxygen atoms in total. The fourth-order valence-corrected chi connectivity index (χ4v) is 3.54. The Hall–Kier alpha value is -1.55. The molecule has 0 unspecified atom stereocenters. The Balaban J connectivity index is 1.60. The van der Waals surface area contributed by atoms with Crippen molar-refractivity contribution in [2.45, 2.75) is 45.4 Å². The quantitative estimate of drug-likeness (QED) is 0.841. The largest absolute Gasteiger partial charge is 0.444 e. The second kappa shape index (κ2) is 5.92. The van der Waals surface area contributed by atoms with E-state index in [0.29, 0.717) is 12.0 Å². The first-order chi connectivity index (χ1) is 10.4. The average Bonchev–Trinajstić information content (AvgIpc) is 3.00. The van der Waals surface area contributed by atoms with Gasteiger partial charge in [0, 0.05) is 25.7 Å². The molecule has 0 N–H and O–H groups in total. The van der Waals surface area contributed by atoms with Gasteiger partial charge in [0.25, 0.3) is 0 Å². The molecule has 2 saturated heterocycles. The number of hydrogen-bond donors (Lipinski definition) is 0. The van der Waals surface area contributed by atoms with Crippen molar-refractivity contribution in [1.82, 2.24) is 9.80 Å². The third-order valence-corrected chi connectivity index (χ3v) is 4.54. The van der Waals surface area contributed by atoms with Crippen LogP contribution in [0.1, 0.15) is 32.8 Å². The molecular formula is C18H26N2O2. The molecule has 2 fully saturated rings. The van der Waals surface area contributed by atoms with E-state index in [1.165, 1.54) is 12.0 Å². The zero-order chi connectivity index (χ0) is 15.7. The van der Waals surface area contributed by atoms with Gasteiger partial charge < -0.3 is 9.64 Å². The molecule has 120 valence electrons. The summed E-state index contributed by atoms with van der Waals surface area (Å²) in [4.78, 5) is 16.6. The number of rotatable bonds is 2. The lowest BCUT2D eigenvalue weighted by Gasteiger charge is -2.27. The van der Waals surface area contributed by atoms with E-state index in [1.54, 1.807) is 0 Å². The van der Waals surface area contributed by atoms with Gasteiger partial charge in [-0.2, -0.15) is 0 Å². The highest BCUT2D eigenvalue weighted by Crippen LogP contribution is 2.33. The maximum absolute atomic E-state index is 12.2. The first-order valence-corrected chi connectivity index (χ1v) is 8.18. The van der Waals surface area contributed by atoms with Gasteiger partial charge in [-0.3, -0.25) is 4.90 Å². The van der Waals surface area contributed by atoms with Crippen LogP contribution in [0, 0.1) is 5.92 Å². The molecule has 2 aliphatic heterocycles. The van der Waals surface area contributed by atoms with Crippen molar-refractivity contribution < 1.29 is 9.53 Å². The third-order valence-electron chi connectivity index (χ3n) is 4.54. The van der Waals surface area contributed by atoms with Gasteiger partial charge in [0.1, 0.15) is 5.60 Å². The Bertz CT molecular complexity index is 524. The lowest BCUT2D eigenvalue weighted by atomic mass is 10.0. The molecule has 0 aromatic heterocycles. The van der Waals surface area contributed by atoms with Gasteiger partial charge in [-0.05, 0) is 45.2 Å². The Labute approximate surface area is 133 Å². The Morgan fingerprint density at radius 2 is 1.95 bits per heavy atom. The zero-order valence-electron chi connectivity index (χ0n) is 13.8. The Morgan fingerprint density at radius 1 is 1.23 bits per heavy atom. The monoisotopic (exact) mass is 302 g/mol. The van der Waals surface area contributed by atoms with Crippen molar-refractivity contribution >= 4 is 6.09 Å². The van der Waals surface area contributed by atoms with Gasteiger partial charge in [0.15, 0.2) is 0 Å². The number of amides is 1. The summed E-state index contributed by atoms with van der Waals surface area (Å²) < 4.78 is 5.51. The number of carbonyl (C=O) groups excluding carboxylic acids is 1. The van der Waals surface area contributed by atoms with Gasteiger partial charge >= 0.3 is 6.09 Å². The molecule has 1 aromatic carbocycles. The van der Waals surface area contributed by atoms with Gasteiger partial charge in [0.05, 0.1) is 0 Å². The lowest BCUT2D eigenvalue weighted by Crippen LogP contribution is -2.39. The van der Waals surface area contributed by atoms with E-state index in [4.69, 9.17) is 4.74 Å². The molecule has 0 aliphatic carbocycles. The molecule has 3 rings (SSSR count). The fourth-order valence-electron chi connectivity index (χ4n) is 3.54. The molecule has 0 spiro atoms. The normalized spacial score (nSPS) is 25.3. The number of ether oxygens (including phenoxy) is 1. The minimum absolute atomic E-state index is 0.165. The van der Waals surface area contributed by atoms with E-state index < -0.39 is 5.60 Å². The predicted octanol–water partition coefficient (Wildman–Crippen LogP) is 3.13. The summed E-state index contributed by atoms with van der Waals surface area (Å²) in [5.41, 5.74) is 0.928. The molecule has 2 aliphatic rings. The number of carbonyl (C=O) groups is 1. The summed E-state index contributed by atoms with van der Waals surface area (Å²) >= 11 is 0. The van der Waals surface area contributed by atoms with E-state index in [0.717, 1.165) is 26.2 Å². The highest BCUT2D eigenvalue weighted by Gasteiger charge is 2.43. The van der Waals surface area contributed by atoms with Crippen LogP contribution in [-0.4, -0.2) is 47.2 Å². The van der Waals surface area contributed by atoms with Gasteiger partial charge in [-0.15, -0.1) is 0 Å². The van der Waals surface area contributed by atoms with Crippen molar-refractivity contribution in [2.24, 2.45) is 5.92 Å². The van der Waals surface area contributed by atoms with Crippen molar-refractivity contribution in [2.75, 3.05) is 19.6 Å². The maximum atomic E-state index is 12.2. The topological polar surface area (TPSA) is 32.8 Å². The van der Waals surface area contributed by atoms with E-state index in [-0.39, 0.29) is 6.09 Å². The molecule has 4 heteroatoms. The summed E-state index contributed by atoms with van der Waals surface area (Å²) in [5, 5.41) is 0. The summed E-state index contributed by atoms with van der Waals surface area (Å²) in [6, 6.07) is 11.1. The first kappa shape index (κ1) is 15.3. The smallest absolute Gasteiger partial charge is 0.410 e. The van der Waals surface area contributed by atoms with E-state index in [2.05, 4.69) is 35.2 Å². The number of benzene rings is 1. The highest BCUT2D eigenvalue weighted by atomic mass is 16.6. The predicted molar refractivity (Wildman–Crippen MR) is 86.6 cm³/mol. The average molecular weight is 302 g/mol. The summed E-state index contributed by atoms with van der Waals surface area (Å²) in [6.45, 7) is 9.50. The van der Waals surface area contributed by atoms with Gasteiger partial charge in [-0.1, -0.05) is 30.3 Å². The van der Waals surface area contributed by atoms with Crippen LogP contribution in [0.4, 0.5) is 4.79 Å². The van der Waals surface area contributed by atoms with E-state index in [1.807, 2.05) is 25.7 Å². The molecular weight excluding hydrogens is 276 g/mol. The Kier molecular flexibility index (Phi) is 4.13. The zero-order valence-corrected chi connectivity index (χ0v) is 13.8. The van der Waals surface area contributed by atoms with Crippen LogP contribution in [0.3, 0.4) is 0 Å². The first-order valence-electron chi connectivity index (χ1n) is 8.18. The molecule has 22 heavy (non-hydrogen) atoms. The second-order valence-electron chi connectivity index (χ2n) is 7.46. The molecule has 0 radical (unpaired) electrons. The van der Waals surface area contributed by atoms with Crippen LogP contribution >= 0.6 is 0 Å². The lowest BCUT2D eigenvalue weighted by molar-refractivity contribution is 0.0271. The molecule has 0 bridgehead atoms. The van der Waals surface area contributed by atoms with Crippen LogP contribution in [0.2, 0.25) is 0 Å². The Morgan fingerprint density at radius 3 is 2.64 bits per heavy atom. The minimum atomic E-state index is -0.418. The van der Waals surface area contributed by atoms with Crippen LogP contribution in [-0.2, 0) is 11.3 Å². The van der Waals surface area contributed by atoms with Gasteiger partial charge in [-0.25, -0.2) is 4.79 Å². The number of likely N-dealkylation sites (tertiary alicyclic amines) is 2. The maximum Gasteiger partial charge on any atom is 0.410 e.